The summed E-state index contributed by atoms with van der Waals surface area (Å²) in [5.74, 6) is 2.08. The van der Waals surface area contributed by atoms with Gasteiger partial charge in [0.2, 0.25) is 5.95 Å². The van der Waals surface area contributed by atoms with Gasteiger partial charge in [0.15, 0.2) is 0 Å². The van der Waals surface area contributed by atoms with Crippen molar-refractivity contribution in [2.45, 2.75) is 70.4 Å². The second kappa shape index (κ2) is 10.3. The van der Waals surface area contributed by atoms with Crippen molar-refractivity contribution in [1.29, 1.82) is 0 Å². The van der Waals surface area contributed by atoms with Crippen LogP contribution in [0.2, 0.25) is 0 Å². The van der Waals surface area contributed by atoms with Crippen molar-refractivity contribution in [3.8, 4) is 0 Å². The molecule has 3 fully saturated rings. The van der Waals surface area contributed by atoms with Gasteiger partial charge >= 0.3 is 0 Å². The van der Waals surface area contributed by atoms with E-state index in [2.05, 4.69) is 38.4 Å². The molecule has 1 atom stereocenters. The van der Waals surface area contributed by atoms with E-state index in [1.165, 1.54) is 18.4 Å². The molecule has 0 aromatic carbocycles. The van der Waals surface area contributed by atoms with Gasteiger partial charge in [0.25, 0.3) is 5.91 Å². The second-order valence-electron chi connectivity index (χ2n) is 11.0. The Morgan fingerprint density at radius 3 is 2.81 bits per heavy atom. The molecule has 0 spiro atoms. The third-order valence-electron chi connectivity index (χ3n) is 7.47. The van der Waals surface area contributed by atoms with Crippen molar-refractivity contribution in [2.24, 2.45) is 0 Å². The SMILES string of the molecule is Cc1nn(C2CCN(C)C2)cc1Nc1ncc(C2CC2)c(NCCCN2CCCOC(C)(C)C2=O)n1. The maximum atomic E-state index is 12.8. The summed E-state index contributed by atoms with van der Waals surface area (Å²) in [6.45, 7) is 10.7. The van der Waals surface area contributed by atoms with Crippen LogP contribution in [0.4, 0.5) is 17.5 Å². The summed E-state index contributed by atoms with van der Waals surface area (Å²) in [7, 11) is 2.15. The molecule has 36 heavy (non-hydrogen) atoms. The van der Waals surface area contributed by atoms with E-state index in [1.54, 1.807) is 0 Å². The van der Waals surface area contributed by atoms with Gasteiger partial charge in [0, 0.05) is 50.7 Å². The second-order valence-corrected chi connectivity index (χ2v) is 11.0. The summed E-state index contributed by atoms with van der Waals surface area (Å²) in [5, 5.41) is 11.7. The molecule has 0 bridgehead atoms. The lowest BCUT2D eigenvalue weighted by Crippen LogP contribution is -2.45. The zero-order valence-electron chi connectivity index (χ0n) is 22.1. The first-order valence-electron chi connectivity index (χ1n) is 13.4. The van der Waals surface area contributed by atoms with Crippen molar-refractivity contribution in [1.82, 2.24) is 29.5 Å². The van der Waals surface area contributed by atoms with Crippen molar-refractivity contribution < 1.29 is 9.53 Å². The molecule has 1 aliphatic carbocycles. The van der Waals surface area contributed by atoms with E-state index in [1.807, 2.05) is 31.9 Å². The molecule has 0 radical (unpaired) electrons. The number of carbonyl (C=O) groups excluding carboxylic acids is 1. The number of anilines is 3. The fourth-order valence-corrected chi connectivity index (χ4v) is 5.14. The first-order chi connectivity index (χ1) is 17.3. The molecule has 2 aromatic rings. The van der Waals surface area contributed by atoms with E-state index in [0.717, 1.165) is 62.6 Å². The Morgan fingerprint density at radius 1 is 1.22 bits per heavy atom. The Labute approximate surface area is 213 Å². The smallest absolute Gasteiger partial charge is 0.254 e. The third-order valence-corrected chi connectivity index (χ3v) is 7.47. The van der Waals surface area contributed by atoms with E-state index in [0.29, 0.717) is 31.1 Å². The van der Waals surface area contributed by atoms with Crippen LogP contribution in [0.15, 0.2) is 12.4 Å². The van der Waals surface area contributed by atoms with Gasteiger partial charge in [-0.1, -0.05) is 0 Å². The lowest BCUT2D eigenvalue weighted by molar-refractivity contribution is -0.149. The number of rotatable bonds is 9. The van der Waals surface area contributed by atoms with Gasteiger partial charge in [-0.15, -0.1) is 0 Å². The lowest BCUT2D eigenvalue weighted by Gasteiger charge is -2.28. The highest BCUT2D eigenvalue weighted by Gasteiger charge is 2.34. The lowest BCUT2D eigenvalue weighted by atomic mass is 10.1. The Bertz CT molecular complexity index is 1080. The van der Waals surface area contributed by atoms with E-state index >= 15 is 0 Å². The van der Waals surface area contributed by atoms with E-state index < -0.39 is 5.60 Å². The third kappa shape index (κ3) is 5.64. The molecule has 5 rings (SSSR count). The van der Waals surface area contributed by atoms with Gasteiger partial charge in [-0.3, -0.25) is 9.48 Å². The van der Waals surface area contributed by atoms with Crippen molar-refractivity contribution in [2.75, 3.05) is 57.0 Å². The minimum absolute atomic E-state index is 0.0763. The quantitative estimate of drug-likeness (QED) is 0.510. The van der Waals surface area contributed by atoms with E-state index in [4.69, 9.17) is 14.8 Å². The van der Waals surface area contributed by atoms with Gasteiger partial charge in [0.1, 0.15) is 11.4 Å². The van der Waals surface area contributed by atoms with Crippen LogP contribution >= 0.6 is 0 Å². The largest absolute Gasteiger partial charge is 0.370 e. The molecule has 3 aliphatic rings. The average molecular weight is 497 g/mol. The van der Waals surface area contributed by atoms with E-state index in [9.17, 15) is 4.79 Å². The van der Waals surface area contributed by atoms with Gasteiger partial charge in [-0.25, -0.2) is 4.98 Å². The number of likely N-dealkylation sites (N-methyl/N-ethyl adjacent to an activating group) is 1. The Kier molecular flexibility index (Phi) is 7.16. The maximum Gasteiger partial charge on any atom is 0.254 e. The minimum atomic E-state index is -0.740. The molecule has 2 N–H and O–H groups in total. The number of hydrogen-bond acceptors (Lipinski definition) is 8. The highest BCUT2D eigenvalue weighted by atomic mass is 16.5. The number of amides is 1. The number of nitrogens with zero attached hydrogens (tertiary/aromatic N) is 6. The standard InChI is InChI=1S/C26H40N8O2/c1-18-22(17-34(31-18)20-9-13-32(4)16-20)29-25-28-15-21(19-7-8-19)23(30-25)27-10-5-11-33-12-6-14-36-26(2,3)24(33)35/h15,17,19-20H,5-14,16H2,1-4H3,(H2,27,28,29,30). The van der Waals surface area contributed by atoms with Crippen LogP contribution in [0.25, 0.3) is 0 Å². The average Bonchev–Trinajstić information content (AvgIpc) is 3.52. The van der Waals surface area contributed by atoms with Crippen molar-refractivity contribution >= 4 is 23.4 Å². The number of aryl methyl sites for hydroxylation is 1. The minimum Gasteiger partial charge on any atom is -0.370 e. The number of hydrogen-bond donors (Lipinski definition) is 2. The highest BCUT2D eigenvalue weighted by Crippen LogP contribution is 2.43. The Hall–Kier alpha value is -2.72. The molecule has 2 aliphatic heterocycles. The molecule has 2 saturated heterocycles. The van der Waals surface area contributed by atoms with Gasteiger partial charge in [-0.05, 0) is 72.4 Å². The molecule has 1 amide bonds. The summed E-state index contributed by atoms with van der Waals surface area (Å²) < 4.78 is 7.80. The molecule has 2 aromatic heterocycles. The van der Waals surface area contributed by atoms with Crippen molar-refractivity contribution in [3.05, 3.63) is 23.7 Å². The zero-order valence-corrected chi connectivity index (χ0v) is 22.1. The van der Waals surface area contributed by atoms with Gasteiger partial charge in [-0.2, -0.15) is 10.1 Å². The molecule has 4 heterocycles. The first kappa shape index (κ1) is 25.0. The molecule has 196 valence electrons. The fraction of sp³-hybridized carbons (Fsp3) is 0.692. The van der Waals surface area contributed by atoms with Crippen LogP contribution in [0, 0.1) is 6.92 Å². The van der Waals surface area contributed by atoms with Crippen LogP contribution in [0.5, 0.6) is 0 Å². The first-order valence-corrected chi connectivity index (χ1v) is 13.4. The summed E-state index contributed by atoms with van der Waals surface area (Å²) in [6.07, 6.45) is 9.25. The molecule has 1 unspecified atom stereocenters. The predicted octanol–water partition coefficient (Wildman–Crippen LogP) is 3.31. The summed E-state index contributed by atoms with van der Waals surface area (Å²) >= 11 is 0. The van der Waals surface area contributed by atoms with E-state index in [-0.39, 0.29) is 5.91 Å². The van der Waals surface area contributed by atoms with Crippen LogP contribution in [0.3, 0.4) is 0 Å². The van der Waals surface area contributed by atoms with Crippen LogP contribution < -0.4 is 10.6 Å². The Morgan fingerprint density at radius 2 is 2.06 bits per heavy atom. The summed E-state index contributed by atoms with van der Waals surface area (Å²) in [4.78, 5) is 26.5. The fourth-order valence-electron chi connectivity index (χ4n) is 5.14. The molecule has 10 heteroatoms. The number of likely N-dealkylation sites (tertiary alicyclic amines) is 1. The number of aromatic nitrogens is 4. The summed E-state index contributed by atoms with van der Waals surface area (Å²) in [5.41, 5.74) is 2.33. The summed E-state index contributed by atoms with van der Waals surface area (Å²) in [6, 6.07) is 0.410. The van der Waals surface area contributed by atoms with Crippen LogP contribution in [0.1, 0.15) is 69.2 Å². The van der Waals surface area contributed by atoms with Crippen LogP contribution in [-0.4, -0.2) is 87.4 Å². The highest BCUT2D eigenvalue weighted by molar-refractivity contribution is 5.84. The maximum absolute atomic E-state index is 12.8. The Balaban J connectivity index is 1.21. The topological polar surface area (TPSA) is 100 Å². The monoisotopic (exact) mass is 496 g/mol. The van der Waals surface area contributed by atoms with Crippen LogP contribution in [-0.2, 0) is 9.53 Å². The van der Waals surface area contributed by atoms with Gasteiger partial charge in [0.05, 0.1) is 17.4 Å². The molecular formula is C26H40N8O2. The van der Waals surface area contributed by atoms with Crippen molar-refractivity contribution in [3.63, 3.8) is 0 Å². The zero-order chi connectivity index (χ0) is 25.3. The predicted molar refractivity (Wildman–Crippen MR) is 140 cm³/mol. The molecule has 1 saturated carbocycles. The molecule has 10 nitrogen and oxygen atoms in total. The number of carbonyl (C=O) groups is 1. The number of nitrogens with one attached hydrogen (secondary N) is 2. The number of ether oxygens (including phenoxy) is 1. The van der Waals surface area contributed by atoms with Gasteiger partial charge < -0.3 is 25.2 Å². The normalized spacial score (nSPS) is 22.6. The molecular weight excluding hydrogens is 456 g/mol.